The molecule has 1 amide bonds. The van der Waals surface area contributed by atoms with Gasteiger partial charge in [0.1, 0.15) is 5.82 Å². The first-order valence-electron chi connectivity index (χ1n) is 6.58. The number of amides is 1. The van der Waals surface area contributed by atoms with E-state index in [9.17, 15) is 4.79 Å². The lowest BCUT2D eigenvalue weighted by atomic mass is 9.99. The predicted octanol–water partition coefficient (Wildman–Crippen LogP) is 2.40. The summed E-state index contributed by atoms with van der Waals surface area (Å²) in [7, 11) is 0. The molecule has 0 aliphatic heterocycles. The van der Waals surface area contributed by atoms with E-state index in [1.807, 2.05) is 38.1 Å². The summed E-state index contributed by atoms with van der Waals surface area (Å²) in [5, 5.41) is 3.18. The number of primary amides is 1. The number of rotatable bonds is 6. The van der Waals surface area contributed by atoms with E-state index in [0.717, 1.165) is 23.3 Å². The monoisotopic (exact) mass is 332 g/mol. The second-order valence-electron chi connectivity index (χ2n) is 4.85. The summed E-state index contributed by atoms with van der Waals surface area (Å²) in [6.45, 7) is 4.57. The van der Waals surface area contributed by atoms with Crippen molar-refractivity contribution in [1.29, 1.82) is 0 Å². The molecule has 0 unspecified atom stereocenters. The highest BCUT2D eigenvalue weighted by molar-refractivity contribution is 5.85. The van der Waals surface area contributed by atoms with Crippen LogP contribution in [0.3, 0.4) is 0 Å². The molecule has 7 heteroatoms. The average Bonchev–Trinajstić information content (AvgIpc) is 2.80. The zero-order valence-corrected chi connectivity index (χ0v) is 13.8. The van der Waals surface area contributed by atoms with Crippen molar-refractivity contribution in [3.63, 3.8) is 0 Å². The molecule has 21 heavy (non-hydrogen) atoms. The van der Waals surface area contributed by atoms with Gasteiger partial charge in [0.25, 0.3) is 0 Å². The van der Waals surface area contributed by atoms with Crippen LogP contribution in [0, 0.1) is 5.92 Å². The number of fused-ring (bicyclic) bond motifs is 1. The molecule has 1 aromatic carbocycles. The molecule has 1 heterocycles. The van der Waals surface area contributed by atoms with Crippen LogP contribution in [0.25, 0.3) is 11.0 Å². The fraction of sp³-hybridized carbons (Fsp3) is 0.429. The van der Waals surface area contributed by atoms with Gasteiger partial charge in [-0.15, -0.1) is 24.8 Å². The van der Waals surface area contributed by atoms with Crippen molar-refractivity contribution in [1.82, 2.24) is 15.3 Å². The molecule has 0 saturated heterocycles. The molecule has 118 valence electrons. The number of imidazole rings is 1. The van der Waals surface area contributed by atoms with Gasteiger partial charge in [-0.1, -0.05) is 32.4 Å². The smallest absolute Gasteiger partial charge is 0.234 e. The fourth-order valence-corrected chi connectivity index (χ4v) is 2.11. The van der Waals surface area contributed by atoms with Crippen LogP contribution in [0.15, 0.2) is 24.3 Å². The van der Waals surface area contributed by atoms with Crippen molar-refractivity contribution in [2.45, 2.75) is 32.9 Å². The third-order valence-electron chi connectivity index (χ3n) is 3.45. The van der Waals surface area contributed by atoms with Gasteiger partial charge >= 0.3 is 0 Å². The molecule has 5 nitrogen and oxygen atoms in total. The number of H-pyrrole nitrogens is 1. The third kappa shape index (κ3) is 4.88. The number of halogens is 2. The van der Waals surface area contributed by atoms with E-state index >= 15 is 0 Å². The van der Waals surface area contributed by atoms with Crippen molar-refractivity contribution in [3.8, 4) is 0 Å². The van der Waals surface area contributed by atoms with Gasteiger partial charge in [-0.3, -0.25) is 10.1 Å². The molecule has 4 N–H and O–H groups in total. The Labute approximate surface area is 136 Å². The first-order chi connectivity index (χ1) is 9.11. The van der Waals surface area contributed by atoms with E-state index in [2.05, 4.69) is 15.3 Å². The Balaban J connectivity index is 0.00000200. The van der Waals surface area contributed by atoms with Crippen LogP contribution in [-0.4, -0.2) is 21.9 Å². The Bertz CT molecular complexity index is 540. The highest BCUT2D eigenvalue weighted by atomic mass is 35.5. The number of carbonyl (C=O) groups excluding carboxylic acids is 1. The van der Waals surface area contributed by atoms with E-state index in [0.29, 0.717) is 6.54 Å². The summed E-state index contributed by atoms with van der Waals surface area (Å²) < 4.78 is 0. The van der Waals surface area contributed by atoms with Crippen LogP contribution in [0.1, 0.15) is 26.1 Å². The van der Waals surface area contributed by atoms with E-state index < -0.39 is 0 Å². The third-order valence-corrected chi connectivity index (χ3v) is 3.45. The maximum absolute atomic E-state index is 11.4. The standard InChI is InChI=1S/C14H20N4O.2ClH/c1-3-9(2)13(14(15)19)16-8-12-17-10-6-4-5-7-11(10)18-12;;/h4-7,9,13,16H,3,8H2,1-2H3,(H2,15,19)(H,17,18);2*1H/t9-,13-;;/m0../s1. The Kier molecular flexibility index (Phi) is 8.32. The van der Waals surface area contributed by atoms with Crippen LogP contribution in [0.4, 0.5) is 0 Å². The molecular weight excluding hydrogens is 311 g/mol. The number of nitrogens with one attached hydrogen (secondary N) is 2. The molecule has 0 radical (unpaired) electrons. The first-order valence-corrected chi connectivity index (χ1v) is 6.58. The van der Waals surface area contributed by atoms with Gasteiger partial charge in [-0.2, -0.15) is 0 Å². The van der Waals surface area contributed by atoms with Gasteiger partial charge in [-0.25, -0.2) is 4.98 Å². The van der Waals surface area contributed by atoms with Crippen molar-refractivity contribution in [2.24, 2.45) is 11.7 Å². The van der Waals surface area contributed by atoms with E-state index in [-0.39, 0.29) is 42.7 Å². The van der Waals surface area contributed by atoms with E-state index in [4.69, 9.17) is 5.73 Å². The number of benzene rings is 1. The van der Waals surface area contributed by atoms with Gasteiger partial charge < -0.3 is 10.7 Å². The number of nitrogens with zero attached hydrogens (tertiary/aromatic N) is 1. The maximum atomic E-state index is 11.4. The molecule has 0 aliphatic rings. The van der Waals surface area contributed by atoms with Gasteiger partial charge in [0, 0.05) is 0 Å². The Morgan fingerprint density at radius 1 is 1.38 bits per heavy atom. The molecule has 0 bridgehead atoms. The lowest BCUT2D eigenvalue weighted by molar-refractivity contribution is -0.121. The fourth-order valence-electron chi connectivity index (χ4n) is 2.11. The molecule has 2 rings (SSSR count). The second kappa shape index (κ2) is 8.87. The van der Waals surface area contributed by atoms with Gasteiger partial charge in [0.15, 0.2) is 0 Å². The molecule has 0 saturated carbocycles. The largest absolute Gasteiger partial charge is 0.368 e. The Morgan fingerprint density at radius 2 is 2.05 bits per heavy atom. The normalized spacial score (nSPS) is 13.0. The zero-order chi connectivity index (χ0) is 13.8. The minimum absolute atomic E-state index is 0. The number of aromatic amines is 1. The van der Waals surface area contributed by atoms with Crippen LogP contribution in [-0.2, 0) is 11.3 Å². The molecule has 0 spiro atoms. The molecule has 0 aliphatic carbocycles. The molecule has 1 aromatic heterocycles. The Hall–Kier alpha value is -1.30. The van der Waals surface area contributed by atoms with Crippen LogP contribution < -0.4 is 11.1 Å². The van der Waals surface area contributed by atoms with Crippen LogP contribution in [0.5, 0.6) is 0 Å². The Morgan fingerprint density at radius 3 is 2.62 bits per heavy atom. The number of hydrogen-bond acceptors (Lipinski definition) is 3. The zero-order valence-electron chi connectivity index (χ0n) is 12.1. The van der Waals surface area contributed by atoms with Crippen molar-refractivity contribution in [2.75, 3.05) is 0 Å². The second-order valence-corrected chi connectivity index (χ2v) is 4.85. The van der Waals surface area contributed by atoms with Crippen LogP contribution >= 0.6 is 24.8 Å². The van der Waals surface area contributed by atoms with Gasteiger partial charge in [0.05, 0.1) is 23.6 Å². The topological polar surface area (TPSA) is 83.8 Å². The highest BCUT2D eigenvalue weighted by Crippen LogP contribution is 2.11. The lowest BCUT2D eigenvalue weighted by Crippen LogP contribution is -2.45. The van der Waals surface area contributed by atoms with E-state index in [1.165, 1.54) is 0 Å². The first kappa shape index (κ1) is 19.7. The number of para-hydroxylation sites is 2. The summed E-state index contributed by atoms with van der Waals surface area (Å²) in [5.41, 5.74) is 7.35. The van der Waals surface area contributed by atoms with Crippen molar-refractivity contribution >= 4 is 41.8 Å². The molecule has 2 aromatic rings. The van der Waals surface area contributed by atoms with Crippen LogP contribution in [0.2, 0.25) is 0 Å². The summed E-state index contributed by atoms with van der Waals surface area (Å²) >= 11 is 0. The van der Waals surface area contributed by atoms with Crippen molar-refractivity contribution in [3.05, 3.63) is 30.1 Å². The minimum atomic E-state index is -0.321. The highest BCUT2D eigenvalue weighted by Gasteiger charge is 2.21. The summed E-state index contributed by atoms with van der Waals surface area (Å²) in [6.07, 6.45) is 0.904. The number of carbonyl (C=O) groups is 1. The average molecular weight is 333 g/mol. The maximum Gasteiger partial charge on any atom is 0.234 e. The van der Waals surface area contributed by atoms with Gasteiger partial charge in [0.2, 0.25) is 5.91 Å². The number of hydrogen-bond donors (Lipinski definition) is 3. The molecule has 2 atom stereocenters. The molecular formula is C14H22Cl2N4O. The van der Waals surface area contributed by atoms with Gasteiger partial charge in [-0.05, 0) is 18.1 Å². The quantitative estimate of drug-likeness (QED) is 0.759. The molecule has 0 fully saturated rings. The number of aromatic nitrogens is 2. The summed E-state index contributed by atoms with van der Waals surface area (Å²) in [4.78, 5) is 19.1. The van der Waals surface area contributed by atoms with Crippen molar-refractivity contribution < 1.29 is 4.79 Å². The van der Waals surface area contributed by atoms with E-state index in [1.54, 1.807) is 0 Å². The predicted molar refractivity (Wildman–Crippen MR) is 89.9 cm³/mol. The lowest BCUT2D eigenvalue weighted by Gasteiger charge is -2.20. The SMILES string of the molecule is CC[C@H](C)[C@H](NCc1nc2ccccc2[nH]1)C(N)=O.Cl.Cl. The summed E-state index contributed by atoms with van der Waals surface area (Å²) in [6, 6.07) is 7.52. The summed E-state index contributed by atoms with van der Waals surface area (Å²) in [5.74, 6) is 0.711. The minimum Gasteiger partial charge on any atom is -0.368 e. The number of nitrogens with two attached hydrogens (primary N) is 1.